The van der Waals surface area contributed by atoms with Gasteiger partial charge in [0.1, 0.15) is 17.2 Å². The average molecular weight is 1790 g/mol. The van der Waals surface area contributed by atoms with E-state index < -0.39 is 24.1 Å². The summed E-state index contributed by atoms with van der Waals surface area (Å²) < 4.78 is 43.8. The van der Waals surface area contributed by atoms with E-state index in [0.29, 0.717) is 17.2 Å². The SMILES string of the molecule is CC(C)(C)c1ccc(-c2ccc(OP(=O)(Oc3ccc(-c4ccc(C(C)(C)C)c(C(C)(C)C)c4C(C)(C)C)cc3-c3ccc(C(C)(C)C)c(C(C)(C)C)c3C(C)(C)C)Oc3ccc(-c4ccc(C(C)(C)C)c(C(C)(C)C)c4C(C)(C)C)cc3-c3ccc(C(C)(C)C)c(C(C)(C)C)c3C(C)(C)C)c(-c3ccc(C(C)(C)C)c(C(C)(C)C)c3C(C)(C)C)c2)c(C(C)(C)C)c1C(C)(C)C. The van der Waals surface area contributed by atoms with E-state index in [2.05, 4.69) is 501 Å². The topological polar surface area (TPSA) is 44.8 Å². The quantitative estimate of drug-likeness (QED) is 0.114. The Bertz CT molecular complexity index is 5260. The number of hydrogen-bond acceptors (Lipinski definition) is 4. The molecule has 0 N–H and O–H groups in total. The Balaban J connectivity index is 1.63. The molecule has 0 radical (unpaired) electrons. The first kappa shape index (κ1) is 107. The third kappa shape index (κ3) is 22.7. The fraction of sp³-hybridized carbons (Fsp3) is 0.571. The van der Waals surface area contributed by atoms with E-state index >= 15 is 4.57 Å². The average Bonchev–Trinajstić information content (AvgIpc) is 0.731. The molecule has 716 valence electrons. The summed E-state index contributed by atoms with van der Waals surface area (Å²) in [7, 11) is -5.27. The van der Waals surface area contributed by atoms with E-state index in [-0.39, 0.29) is 81.2 Å². The van der Waals surface area contributed by atoms with Crippen molar-refractivity contribution < 1.29 is 18.1 Å². The van der Waals surface area contributed by atoms with Crippen LogP contribution in [-0.2, 0) is 102 Å². The van der Waals surface area contributed by atoms with Crippen LogP contribution >= 0.6 is 7.82 Å². The van der Waals surface area contributed by atoms with Gasteiger partial charge in [-0.05, 0) is 284 Å². The highest BCUT2D eigenvalue weighted by molar-refractivity contribution is 7.49. The van der Waals surface area contributed by atoms with Gasteiger partial charge in [0.05, 0.1) is 0 Å². The van der Waals surface area contributed by atoms with E-state index in [1.54, 1.807) is 0 Å². The van der Waals surface area contributed by atoms with Gasteiger partial charge >= 0.3 is 7.82 Å². The molecule has 0 heterocycles. The Morgan fingerprint density at radius 3 is 0.405 bits per heavy atom. The zero-order chi connectivity index (χ0) is 101. The highest BCUT2D eigenvalue weighted by atomic mass is 31.2. The molecular weight excluding hydrogens is 1610 g/mol. The number of phosphoric ester groups is 1. The van der Waals surface area contributed by atoms with Gasteiger partial charge in [0, 0.05) is 16.7 Å². The maximum atomic E-state index is 19.4. The van der Waals surface area contributed by atoms with Gasteiger partial charge in [-0.3, -0.25) is 0 Å². The van der Waals surface area contributed by atoms with Crippen molar-refractivity contribution >= 4 is 7.82 Å². The van der Waals surface area contributed by atoms with Crippen LogP contribution in [0.4, 0.5) is 0 Å². The highest BCUT2D eigenvalue weighted by Crippen LogP contribution is 2.62. The van der Waals surface area contributed by atoms with Gasteiger partial charge < -0.3 is 13.6 Å². The Morgan fingerprint density at radius 1 is 0.145 bits per heavy atom. The molecule has 0 aliphatic carbocycles. The minimum absolute atomic E-state index is 0.158. The Hall–Kier alpha value is -7.39. The first-order valence-corrected chi connectivity index (χ1v) is 51.0. The van der Waals surface area contributed by atoms with Gasteiger partial charge in [-0.15, -0.1) is 0 Å². The molecule has 0 saturated carbocycles. The number of hydrogen-bond donors (Lipinski definition) is 0. The summed E-state index contributed by atoms with van der Waals surface area (Å²) >= 11 is 0. The molecule has 0 aromatic heterocycles. The fourth-order valence-electron chi connectivity index (χ4n) is 21.5. The van der Waals surface area contributed by atoms with Crippen LogP contribution in [-0.4, -0.2) is 0 Å². The molecule has 9 aromatic carbocycles. The van der Waals surface area contributed by atoms with Crippen LogP contribution in [0.15, 0.2) is 127 Å². The third-order valence-corrected chi connectivity index (χ3v) is 27.7. The first-order chi connectivity index (χ1) is 58.3. The highest BCUT2D eigenvalue weighted by Gasteiger charge is 2.46. The molecular formula is C126H183O4P. The predicted molar refractivity (Wildman–Crippen MR) is 578 cm³/mol. The van der Waals surface area contributed by atoms with Crippen molar-refractivity contribution in [2.45, 2.75) is 471 Å². The van der Waals surface area contributed by atoms with Crippen LogP contribution in [0.1, 0.15) is 474 Å². The molecule has 9 rings (SSSR count). The second kappa shape index (κ2) is 34.4. The van der Waals surface area contributed by atoms with Crippen molar-refractivity contribution in [3.63, 3.8) is 0 Å². The van der Waals surface area contributed by atoms with E-state index in [9.17, 15) is 0 Å². The molecule has 0 aliphatic heterocycles. The van der Waals surface area contributed by atoms with E-state index in [0.717, 1.165) is 66.8 Å². The molecule has 9 aromatic rings. The Kier molecular flexibility index (Phi) is 28.2. The molecule has 0 aliphatic rings. The van der Waals surface area contributed by atoms with Gasteiger partial charge in [0.25, 0.3) is 0 Å². The Morgan fingerprint density at radius 2 is 0.275 bits per heavy atom. The molecule has 131 heavy (non-hydrogen) atoms. The van der Waals surface area contributed by atoms with Crippen LogP contribution < -0.4 is 13.6 Å². The summed E-state index contributed by atoms with van der Waals surface area (Å²) in [6, 6.07) is 48.5. The normalized spacial score (nSPS) is 14.2. The fourth-order valence-corrected chi connectivity index (χ4v) is 22.8. The van der Waals surface area contributed by atoms with Gasteiger partial charge in [0.2, 0.25) is 0 Å². The zero-order valence-corrected chi connectivity index (χ0v) is 94.6. The summed E-state index contributed by atoms with van der Waals surface area (Å²) in [6.07, 6.45) is 0. The summed E-state index contributed by atoms with van der Waals surface area (Å²) in [4.78, 5) is 0. The summed E-state index contributed by atoms with van der Waals surface area (Å²) in [5, 5.41) is 0. The van der Waals surface area contributed by atoms with Gasteiger partial charge in [-0.25, -0.2) is 0 Å². The van der Waals surface area contributed by atoms with Gasteiger partial charge in [0.15, 0.2) is 0 Å². The van der Waals surface area contributed by atoms with Crippen LogP contribution in [0.3, 0.4) is 0 Å². The second-order valence-corrected chi connectivity index (χ2v) is 59.3. The largest absolute Gasteiger partial charge is 0.647 e. The lowest BCUT2D eigenvalue weighted by Crippen LogP contribution is -2.29. The molecule has 0 atom stereocenters. The molecule has 4 nitrogen and oxygen atoms in total. The summed E-state index contributed by atoms with van der Waals surface area (Å²) in [5.41, 5.74) is 30.0. The molecule has 0 fully saturated rings. The van der Waals surface area contributed by atoms with E-state index in [1.165, 1.54) is 100 Å². The van der Waals surface area contributed by atoms with Crippen molar-refractivity contribution in [1.82, 2.24) is 0 Å². The van der Waals surface area contributed by atoms with E-state index in [4.69, 9.17) is 13.6 Å². The van der Waals surface area contributed by atoms with Crippen LogP contribution in [0, 0.1) is 0 Å². The van der Waals surface area contributed by atoms with Gasteiger partial charge in [-0.2, -0.15) is 4.57 Å². The molecule has 0 amide bonds. The summed E-state index contributed by atoms with van der Waals surface area (Å²) in [5.74, 6) is 1.11. The predicted octanol–water partition coefficient (Wildman–Crippen LogP) is 38.7. The van der Waals surface area contributed by atoms with Crippen LogP contribution in [0.25, 0.3) is 66.8 Å². The Labute approximate surface area is 803 Å². The lowest BCUT2D eigenvalue weighted by atomic mass is 9.66. The van der Waals surface area contributed by atoms with Crippen molar-refractivity contribution in [3.8, 4) is 84.0 Å². The second-order valence-electron chi connectivity index (χ2n) is 57.8. The summed E-state index contributed by atoms with van der Waals surface area (Å²) in [6.45, 7) is 128. The molecule has 0 bridgehead atoms. The first-order valence-electron chi connectivity index (χ1n) is 49.5. The van der Waals surface area contributed by atoms with Crippen LogP contribution in [0.2, 0.25) is 0 Å². The minimum atomic E-state index is -5.27. The molecule has 0 saturated heterocycles. The molecule has 0 unspecified atom stereocenters. The van der Waals surface area contributed by atoms with E-state index in [1.807, 2.05) is 0 Å². The standard InChI is InChI=1S/C126H183O4P/c1-109(2,3)88-64-58-79(97(115(19,20)21)103(88)121(37,38)39)76-55-70-94(85(73-76)82-61-67-91(112(10,11)12)106(124(46,47)48)100(82)118(28,29)30)128-131(127,129-95-71-56-77(80-59-65-89(110(4,5)6)104(122(40,41)42)98(80)116(22,23)24)74-86(95)83-62-68-92(113(13,14)15)107(125(49,50)51)101(83)119(31,32)33)130-96-72-57-78(81-60-66-90(111(7,8)9)105(123(43,44)45)99(81)117(25,26)27)75-87(96)84-63-69-93(114(16,17)18)108(126(52,53)54)102(84)120(34,35)36/h55-75H,1-54H3. The monoisotopic (exact) mass is 1790 g/mol. The number of benzene rings is 9. The number of rotatable bonds is 12. The van der Waals surface area contributed by atoms with Crippen molar-refractivity contribution in [3.05, 3.63) is 228 Å². The van der Waals surface area contributed by atoms with Crippen LogP contribution in [0.5, 0.6) is 17.2 Å². The molecule has 5 heteroatoms. The van der Waals surface area contributed by atoms with Gasteiger partial charge in [-0.1, -0.05) is 465 Å². The number of phosphoric acid groups is 1. The smallest absolute Gasteiger partial charge is 0.385 e. The lowest BCUT2D eigenvalue weighted by Gasteiger charge is -2.39. The van der Waals surface area contributed by atoms with Crippen molar-refractivity contribution in [2.24, 2.45) is 0 Å². The van der Waals surface area contributed by atoms with Crippen molar-refractivity contribution in [1.29, 1.82) is 0 Å². The van der Waals surface area contributed by atoms with Crippen molar-refractivity contribution in [2.75, 3.05) is 0 Å². The zero-order valence-electron chi connectivity index (χ0n) is 93.7. The third-order valence-electron chi connectivity index (χ3n) is 26.5. The minimum Gasteiger partial charge on any atom is -0.385 e. The molecule has 0 spiro atoms. The maximum Gasteiger partial charge on any atom is 0.647 e. The lowest BCUT2D eigenvalue weighted by molar-refractivity contribution is 0.299. The maximum absolute atomic E-state index is 19.4.